The molecule has 2 heteroatoms. The van der Waals surface area contributed by atoms with E-state index < -0.39 is 0 Å². The van der Waals surface area contributed by atoms with E-state index in [1.807, 2.05) is 0 Å². The maximum atomic E-state index is 4.26. The second kappa shape index (κ2) is 12.8. The van der Waals surface area contributed by atoms with Crippen molar-refractivity contribution >= 4 is 11.9 Å². The summed E-state index contributed by atoms with van der Waals surface area (Å²) in [6, 6.07) is 13.5. The number of unbranched alkanes of at least 4 members (excludes halogenated alkanes) is 5. The molecule has 2 rings (SSSR count). The van der Waals surface area contributed by atoms with Crippen LogP contribution in [0.15, 0.2) is 53.6 Å². The smallest absolute Gasteiger partial charge is 0.0352 e. The average Bonchev–Trinajstić information content (AvgIpc) is 2.71. The molecule has 0 aliphatic rings. The highest BCUT2D eigenvalue weighted by molar-refractivity contribution is 7.97. The van der Waals surface area contributed by atoms with Gasteiger partial charge in [0.25, 0.3) is 0 Å². The van der Waals surface area contributed by atoms with Crippen LogP contribution in [0.2, 0.25) is 0 Å². The molecule has 2 aromatic rings. The number of allylic oxidation sites excluding steroid dienone is 1. The number of nitrogens with one attached hydrogen (secondary N) is 1. The molecule has 0 saturated heterocycles. The molecule has 158 valence electrons. The molecule has 1 nitrogen and oxygen atoms in total. The maximum absolute atomic E-state index is 4.26. The number of hydrogen-bond donors (Lipinski definition) is 1. The third-order valence-electron chi connectivity index (χ3n) is 5.50. The minimum atomic E-state index is 1.06. The van der Waals surface area contributed by atoms with Crippen LogP contribution in [-0.4, -0.2) is 0 Å². The van der Waals surface area contributed by atoms with Crippen LogP contribution in [0.3, 0.4) is 0 Å². The van der Waals surface area contributed by atoms with Gasteiger partial charge in [0.05, 0.1) is 0 Å². The molecule has 29 heavy (non-hydrogen) atoms. The number of rotatable bonds is 13. The SMILES string of the molecule is C=C(CCCCCC)NSc1c(CCCCC)ccc(-c2cccc(C)c2)c1C. The lowest BCUT2D eigenvalue weighted by molar-refractivity contribution is 0.659. The van der Waals surface area contributed by atoms with Gasteiger partial charge in [-0.3, -0.25) is 0 Å². The molecule has 1 N–H and O–H groups in total. The predicted molar refractivity (Wildman–Crippen MR) is 131 cm³/mol. The first kappa shape index (κ1) is 23.6. The van der Waals surface area contributed by atoms with Crippen molar-refractivity contribution in [1.82, 2.24) is 4.72 Å². The molecule has 0 heterocycles. The summed E-state index contributed by atoms with van der Waals surface area (Å²) in [6.45, 7) is 13.2. The molecular formula is C27H39NS. The molecule has 0 aliphatic heterocycles. The third kappa shape index (κ3) is 7.59. The standard InChI is InChI=1S/C27H39NS/c1-6-8-10-12-15-22(4)28-29-27-23(5)26(25-17-13-14-21(3)20-25)19-18-24(27)16-11-9-7-2/h13-14,17-20,28H,4,6-12,15-16H2,1-3,5H3. The van der Waals surface area contributed by atoms with Crippen molar-refractivity contribution < 1.29 is 0 Å². The first-order chi connectivity index (χ1) is 14.1. The molecule has 0 unspecified atom stereocenters. The monoisotopic (exact) mass is 409 g/mol. The van der Waals surface area contributed by atoms with Crippen molar-refractivity contribution in [2.45, 2.75) is 90.4 Å². The largest absolute Gasteiger partial charge is 0.330 e. The molecule has 2 aromatic carbocycles. The van der Waals surface area contributed by atoms with Crippen LogP contribution in [0.5, 0.6) is 0 Å². The fraction of sp³-hybridized carbons (Fsp3) is 0.481. The second-order valence-corrected chi connectivity index (χ2v) is 8.99. The Morgan fingerprint density at radius 3 is 2.41 bits per heavy atom. The van der Waals surface area contributed by atoms with Gasteiger partial charge in [-0.25, -0.2) is 0 Å². The highest BCUT2D eigenvalue weighted by atomic mass is 32.2. The van der Waals surface area contributed by atoms with E-state index in [0.29, 0.717) is 0 Å². The van der Waals surface area contributed by atoms with Crippen molar-refractivity contribution in [1.29, 1.82) is 0 Å². The van der Waals surface area contributed by atoms with Gasteiger partial charge in [0, 0.05) is 10.6 Å². The Bertz CT molecular complexity index is 778. The van der Waals surface area contributed by atoms with Crippen LogP contribution in [0.1, 0.15) is 81.9 Å². The minimum Gasteiger partial charge on any atom is -0.330 e. The van der Waals surface area contributed by atoms with Crippen LogP contribution in [0, 0.1) is 13.8 Å². The summed E-state index contributed by atoms with van der Waals surface area (Å²) in [4.78, 5) is 1.38. The molecule has 0 aromatic heterocycles. The average molecular weight is 410 g/mol. The van der Waals surface area contributed by atoms with Gasteiger partial charge in [-0.1, -0.05) is 94.5 Å². The lowest BCUT2D eigenvalue weighted by atomic mass is 9.95. The number of hydrogen-bond acceptors (Lipinski definition) is 2. The topological polar surface area (TPSA) is 12.0 Å². The van der Waals surface area contributed by atoms with Crippen molar-refractivity contribution in [2.24, 2.45) is 0 Å². The Hall–Kier alpha value is -1.67. The van der Waals surface area contributed by atoms with E-state index in [2.05, 4.69) is 75.4 Å². The molecule has 0 aliphatic carbocycles. The summed E-state index contributed by atoms with van der Waals surface area (Å²) in [5.41, 5.74) is 7.94. The van der Waals surface area contributed by atoms with Crippen molar-refractivity contribution in [3.63, 3.8) is 0 Å². The Kier molecular flexibility index (Phi) is 10.4. The van der Waals surface area contributed by atoms with Crippen molar-refractivity contribution in [3.05, 3.63) is 65.4 Å². The first-order valence-electron chi connectivity index (χ1n) is 11.4. The van der Waals surface area contributed by atoms with Gasteiger partial charge in [-0.2, -0.15) is 0 Å². The van der Waals surface area contributed by atoms with E-state index in [4.69, 9.17) is 0 Å². The summed E-state index contributed by atoms with van der Waals surface area (Å²) in [6.07, 6.45) is 11.1. The minimum absolute atomic E-state index is 1.06. The molecule has 0 bridgehead atoms. The van der Waals surface area contributed by atoms with Crippen molar-refractivity contribution in [2.75, 3.05) is 0 Å². The highest BCUT2D eigenvalue weighted by Gasteiger charge is 2.13. The van der Waals surface area contributed by atoms with E-state index in [1.54, 1.807) is 11.9 Å². The fourth-order valence-corrected chi connectivity index (χ4v) is 4.63. The maximum Gasteiger partial charge on any atom is 0.0352 e. The zero-order chi connectivity index (χ0) is 21.1. The summed E-state index contributed by atoms with van der Waals surface area (Å²) in [7, 11) is 0. The molecule has 0 fully saturated rings. The molecule has 0 atom stereocenters. The summed E-state index contributed by atoms with van der Waals surface area (Å²) in [5, 5.41) is 0. The van der Waals surface area contributed by atoms with Gasteiger partial charge in [-0.15, -0.1) is 0 Å². The van der Waals surface area contributed by atoms with E-state index in [-0.39, 0.29) is 0 Å². The van der Waals surface area contributed by atoms with Gasteiger partial charge in [0.1, 0.15) is 0 Å². The summed E-state index contributed by atoms with van der Waals surface area (Å²) in [5.74, 6) is 0. The lowest BCUT2D eigenvalue weighted by Gasteiger charge is -2.18. The molecular weight excluding hydrogens is 370 g/mol. The van der Waals surface area contributed by atoms with Crippen molar-refractivity contribution in [3.8, 4) is 11.1 Å². The van der Waals surface area contributed by atoms with Gasteiger partial charge in [0.15, 0.2) is 0 Å². The van der Waals surface area contributed by atoms with E-state index in [0.717, 1.165) is 18.5 Å². The summed E-state index contributed by atoms with van der Waals surface area (Å²) >= 11 is 1.77. The number of aryl methyl sites for hydroxylation is 2. The first-order valence-corrected chi connectivity index (χ1v) is 12.2. The van der Waals surface area contributed by atoms with E-state index in [1.165, 1.54) is 77.7 Å². The fourth-order valence-electron chi connectivity index (χ4n) is 3.72. The van der Waals surface area contributed by atoms with Gasteiger partial charge in [0.2, 0.25) is 0 Å². The zero-order valence-electron chi connectivity index (χ0n) is 18.9. The molecule has 0 saturated carbocycles. The van der Waals surface area contributed by atoms with Crippen LogP contribution in [-0.2, 0) is 6.42 Å². The van der Waals surface area contributed by atoms with Crippen LogP contribution in [0.25, 0.3) is 11.1 Å². The van der Waals surface area contributed by atoms with Crippen LogP contribution in [0.4, 0.5) is 0 Å². The molecule has 0 spiro atoms. The third-order valence-corrected chi connectivity index (χ3v) is 6.66. The normalized spacial score (nSPS) is 10.9. The Balaban J connectivity index is 2.18. The van der Waals surface area contributed by atoms with Gasteiger partial charge < -0.3 is 4.72 Å². The number of benzene rings is 2. The van der Waals surface area contributed by atoms with E-state index >= 15 is 0 Å². The second-order valence-electron chi connectivity index (χ2n) is 8.17. The quantitative estimate of drug-likeness (QED) is 0.262. The zero-order valence-corrected chi connectivity index (χ0v) is 19.8. The molecule has 0 radical (unpaired) electrons. The molecule has 0 amide bonds. The van der Waals surface area contributed by atoms with Gasteiger partial charge in [-0.05, 0) is 73.7 Å². The Morgan fingerprint density at radius 2 is 1.69 bits per heavy atom. The Labute approximate surface area is 183 Å². The van der Waals surface area contributed by atoms with Crippen LogP contribution < -0.4 is 4.72 Å². The Morgan fingerprint density at radius 1 is 0.931 bits per heavy atom. The predicted octanol–water partition coefficient (Wildman–Crippen LogP) is 8.78. The highest BCUT2D eigenvalue weighted by Crippen LogP contribution is 2.34. The lowest BCUT2D eigenvalue weighted by Crippen LogP contribution is -2.05. The van der Waals surface area contributed by atoms with Crippen LogP contribution >= 0.6 is 11.9 Å². The van der Waals surface area contributed by atoms with Gasteiger partial charge >= 0.3 is 0 Å². The summed E-state index contributed by atoms with van der Waals surface area (Å²) < 4.78 is 3.56. The van der Waals surface area contributed by atoms with E-state index in [9.17, 15) is 0 Å².